The minimum Gasteiger partial charge on any atom is -0.346 e. The Morgan fingerprint density at radius 1 is 1.00 bits per heavy atom. The fourth-order valence-electron chi connectivity index (χ4n) is 2.74. The van der Waals surface area contributed by atoms with E-state index in [-0.39, 0.29) is 11.9 Å². The van der Waals surface area contributed by atoms with Crippen molar-refractivity contribution in [2.45, 2.75) is 33.7 Å². The third-order valence-corrected chi connectivity index (χ3v) is 4.63. The van der Waals surface area contributed by atoms with E-state index in [1.165, 1.54) is 5.56 Å². The third-order valence-electron chi connectivity index (χ3n) is 4.03. The van der Waals surface area contributed by atoms with Crippen LogP contribution in [0.4, 0.5) is 5.69 Å². The van der Waals surface area contributed by atoms with Crippen molar-refractivity contribution < 1.29 is 13.2 Å². The summed E-state index contributed by atoms with van der Waals surface area (Å²) in [6, 6.07) is 10.9. The number of carbonyl (C=O) groups excluding carboxylic acids is 1. The summed E-state index contributed by atoms with van der Waals surface area (Å²) in [7, 11) is -3.40. The number of carbonyl (C=O) groups is 1. The van der Waals surface area contributed by atoms with E-state index in [1.807, 2.05) is 32.9 Å². The quantitative estimate of drug-likeness (QED) is 0.857. The molecule has 134 valence electrons. The molecule has 2 aromatic rings. The van der Waals surface area contributed by atoms with Crippen LogP contribution in [0.5, 0.6) is 0 Å². The highest BCUT2D eigenvalue weighted by molar-refractivity contribution is 7.92. The lowest BCUT2D eigenvalue weighted by atomic mass is 10.00. The minimum atomic E-state index is -3.40. The number of anilines is 1. The van der Waals surface area contributed by atoms with Crippen LogP contribution in [0.1, 0.15) is 45.6 Å². The molecule has 0 spiro atoms. The van der Waals surface area contributed by atoms with Crippen molar-refractivity contribution in [1.29, 1.82) is 0 Å². The molecule has 0 aliphatic carbocycles. The van der Waals surface area contributed by atoms with E-state index in [0.717, 1.165) is 22.9 Å². The van der Waals surface area contributed by atoms with Crippen LogP contribution >= 0.6 is 0 Å². The molecular weight excluding hydrogens is 336 g/mol. The lowest BCUT2D eigenvalue weighted by molar-refractivity contribution is 0.0940. The number of hydrogen-bond acceptors (Lipinski definition) is 3. The Bertz CT molecular complexity index is 905. The summed E-state index contributed by atoms with van der Waals surface area (Å²) in [6.45, 7) is 7.76. The van der Waals surface area contributed by atoms with Gasteiger partial charge in [0, 0.05) is 5.56 Å². The maximum Gasteiger partial charge on any atom is 0.251 e. The number of sulfonamides is 1. The molecule has 0 radical (unpaired) electrons. The maximum atomic E-state index is 12.5. The molecule has 0 heterocycles. The lowest BCUT2D eigenvalue weighted by Crippen LogP contribution is -2.27. The largest absolute Gasteiger partial charge is 0.346 e. The fourth-order valence-corrected chi connectivity index (χ4v) is 3.36. The molecule has 2 aromatic carbocycles. The second-order valence-electron chi connectivity index (χ2n) is 6.46. The van der Waals surface area contributed by atoms with Gasteiger partial charge in [-0.05, 0) is 56.5 Å². The number of aryl methyl sites for hydroxylation is 3. The zero-order chi connectivity index (χ0) is 18.8. The normalized spacial score (nSPS) is 12.5. The average molecular weight is 360 g/mol. The summed E-state index contributed by atoms with van der Waals surface area (Å²) >= 11 is 0. The molecule has 1 atom stereocenters. The van der Waals surface area contributed by atoms with E-state index in [0.29, 0.717) is 11.3 Å². The zero-order valence-corrected chi connectivity index (χ0v) is 16.0. The Balaban J connectivity index is 2.21. The van der Waals surface area contributed by atoms with Gasteiger partial charge >= 0.3 is 0 Å². The Morgan fingerprint density at radius 3 is 2.28 bits per heavy atom. The predicted molar refractivity (Wildman–Crippen MR) is 101 cm³/mol. The summed E-state index contributed by atoms with van der Waals surface area (Å²) in [5, 5.41) is 2.97. The highest BCUT2D eigenvalue weighted by Gasteiger charge is 2.15. The molecule has 2 N–H and O–H groups in total. The molecule has 0 aliphatic rings. The van der Waals surface area contributed by atoms with E-state index in [4.69, 9.17) is 0 Å². The molecule has 0 saturated carbocycles. The molecule has 0 bridgehead atoms. The first-order valence-electron chi connectivity index (χ1n) is 8.03. The van der Waals surface area contributed by atoms with Crippen LogP contribution in [-0.4, -0.2) is 20.6 Å². The monoisotopic (exact) mass is 360 g/mol. The van der Waals surface area contributed by atoms with Gasteiger partial charge in [-0.2, -0.15) is 0 Å². The molecule has 0 saturated heterocycles. The topological polar surface area (TPSA) is 75.3 Å². The fraction of sp³-hybridized carbons (Fsp3) is 0.316. The summed E-state index contributed by atoms with van der Waals surface area (Å²) in [4.78, 5) is 12.5. The third kappa shape index (κ3) is 5.06. The maximum absolute atomic E-state index is 12.5. The van der Waals surface area contributed by atoms with Crippen molar-refractivity contribution in [1.82, 2.24) is 5.32 Å². The van der Waals surface area contributed by atoms with Gasteiger partial charge in [-0.15, -0.1) is 0 Å². The highest BCUT2D eigenvalue weighted by Crippen LogP contribution is 2.21. The standard InChI is InChI=1S/C19H24N2O3S/c1-12-6-9-17(14(3)10-12)15(4)20-19(22)16-8-7-13(2)18(11-16)21-25(5,23)24/h6-11,15,21H,1-5H3,(H,20,22)/t15-/m0/s1. The Labute approximate surface area is 149 Å². The van der Waals surface area contributed by atoms with Crippen molar-refractivity contribution in [2.24, 2.45) is 0 Å². The number of hydrogen-bond donors (Lipinski definition) is 2. The van der Waals surface area contributed by atoms with Crippen molar-refractivity contribution in [3.63, 3.8) is 0 Å². The molecule has 0 unspecified atom stereocenters. The lowest BCUT2D eigenvalue weighted by Gasteiger charge is -2.18. The van der Waals surface area contributed by atoms with Crippen LogP contribution < -0.4 is 10.0 Å². The van der Waals surface area contributed by atoms with Gasteiger partial charge in [-0.1, -0.05) is 29.8 Å². The van der Waals surface area contributed by atoms with Crippen molar-refractivity contribution >= 4 is 21.6 Å². The first-order chi connectivity index (χ1) is 11.6. The molecular formula is C19H24N2O3S. The molecule has 5 nitrogen and oxygen atoms in total. The van der Waals surface area contributed by atoms with Gasteiger partial charge in [0.05, 0.1) is 18.0 Å². The molecule has 0 aromatic heterocycles. The molecule has 6 heteroatoms. The molecule has 0 aliphatic heterocycles. The van der Waals surface area contributed by atoms with Gasteiger partial charge in [-0.3, -0.25) is 9.52 Å². The first-order valence-corrected chi connectivity index (χ1v) is 9.92. The van der Waals surface area contributed by atoms with Crippen LogP contribution in [0, 0.1) is 20.8 Å². The minimum absolute atomic E-state index is 0.152. The van der Waals surface area contributed by atoms with E-state index >= 15 is 0 Å². The number of amides is 1. The molecule has 25 heavy (non-hydrogen) atoms. The van der Waals surface area contributed by atoms with Crippen molar-refractivity contribution in [3.05, 3.63) is 64.2 Å². The van der Waals surface area contributed by atoms with Crippen LogP contribution in [0.25, 0.3) is 0 Å². The summed E-state index contributed by atoms with van der Waals surface area (Å²) in [5.41, 5.74) is 4.93. The Hall–Kier alpha value is -2.34. The van der Waals surface area contributed by atoms with Crippen LogP contribution in [0.3, 0.4) is 0 Å². The van der Waals surface area contributed by atoms with Crippen LogP contribution in [-0.2, 0) is 10.0 Å². The van der Waals surface area contributed by atoms with E-state index < -0.39 is 10.0 Å². The van der Waals surface area contributed by atoms with E-state index in [1.54, 1.807) is 25.1 Å². The van der Waals surface area contributed by atoms with E-state index in [2.05, 4.69) is 16.1 Å². The summed E-state index contributed by atoms with van der Waals surface area (Å²) < 4.78 is 25.3. The summed E-state index contributed by atoms with van der Waals surface area (Å²) in [6.07, 6.45) is 1.08. The van der Waals surface area contributed by atoms with Gasteiger partial charge in [0.25, 0.3) is 5.91 Å². The first kappa shape index (κ1) is 19.0. The van der Waals surface area contributed by atoms with Gasteiger partial charge in [-0.25, -0.2) is 8.42 Å². The average Bonchev–Trinajstić information content (AvgIpc) is 2.47. The number of rotatable bonds is 5. The van der Waals surface area contributed by atoms with Crippen LogP contribution in [0.2, 0.25) is 0 Å². The van der Waals surface area contributed by atoms with Crippen molar-refractivity contribution in [3.8, 4) is 0 Å². The second-order valence-corrected chi connectivity index (χ2v) is 8.21. The number of benzene rings is 2. The predicted octanol–water partition coefficient (Wildman–Crippen LogP) is 3.47. The Kier molecular flexibility index (Phi) is 5.52. The number of nitrogens with one attached hydrogen (secondary N) is 2. The van der Waals surface area contributed by atoms with Gasteiger partial charge in [0.1, 0.15) is 0 Å². The highest BCUT2D eigenvalue weighted by atomic mass is 32.2. The second kappa shape index (κ2) is 7.27. The van der Waals surface area contributed by atoms with Crippen LogP contribution in [0.15, 0.2) is 36.4 Å². The zero-order valence-electron chi connectivity index (χ0n) is 15.2. The molecule has 2 rings (SSSR count). The van der Waals surface area contributed by atoms with Gasteiger partial charge in [0.15, 0.2) is 0 Å². The Morgan fingerprint density at radius 2 is 1.68 bits per heavy atom. The summed E-state index contributed by atoms with van der Waals surface area (Å²) in [5.74, 6) is -0.246. The smallest absolute Gasteiger partial charge is 0.251 e. The SMILES string of the molecule is Cc1ccc([C@H](C)NC(=O)c2ccc(C)c(NS(C)(=O)=O)c2)c(C)c1. The van der Waals surface area contributed by atoms with E-state index in [9.17, 15) is 13.2 Å². The molecule has 1 amide bonds. The van der Waals surface area contributed by atoms with Gasteiger partial charge < -0.3 is 5.32 Å². The van der Waals surface area contributed by atoms with Crippen molar-refractivity contribution in [2.75, 3.05) is 11.0 Å². The van der Waals surface area contributed by atoms with Gasteiger partial charge in [0.2, 0.25) is 10.0 Å². The molecule has 0 fully saturated rings.